The van der Waals surface area contributed by atoms with Crippen LogP contribution in [0, 0.1) is 0 Å². The van der Waals surface area contributed by atoms with Gasteiger partial charge in [-0.05, 0) is 225 Å². The minimum Gasteiger partial charge on any atom is -0.456 e. The van der Waals surface area contributed by atoms with Crippen LogP contribution in [0.2, 0.25) is 0 Å². The van der Waals surface area contributed by atoms with Crippen LogP contribution in [0.3, 0.4) is 0 Å². The van der Waals surface area contributed by atoms with Crippen molar-refractivity contribution in [2.24, 2.45) is 0 Å². The summed E-state index contributed by atoms with van der Waals surface area (Å²) in [7, 11) is 0. The van der Waals surface area contributed by atoms with Crippen molar-refractivity contribution < 1.29 is 13.3 Å². The zero-order chi connectivity index (χ0) is 68.2. The van der Waals surface area contributed by atoms with E-state index in [4.69, 9.17) is 13.3 Å². The lowest BCUT2D eigenvalue weighted by molar-refractivity contribution is 0.660. The van der Waals surface area contributed by atoms with E-state index in [0.29, 0.717) is 0 Å². The van der Waals surface area contributed by atoms with E-state index < -0.39 is 0 Å². The first-order valence-electron chi connectivity index (χ1n) is 36.1. The smallest absolute Gasteiger partial charge is 0.143 e. The van der Waals surface area contributed by atoms with Gasteiger partial charge in [-0.2, -0.15) is 0 Å². The van der Waals surface area contributed by atoms with Gasteiger partial charge in [-0.3, -0.25) is 0 Å². The van der Waals surface area contributed by atoms with Gasteiger partial charge in [0.15, 0.2) is 0 Å². The number of fused-ring (bicyclic) bond motifs is 16. The van der Waals surface area contributed by atoms with E-state index in [0.717, 1.165) is 99.2 Å². The van der Waals surface area contributed by atoms with Gasteiger partial charge in [0.2, 0.25) is 0 Å². The largest absolute Gasteiger partial charge is 0.456 e. The average Bonchev–Trinajstić information content (AvgIpc) is 1.46. The van der Waals surface area contributed by atoms with Crippen molar-refractivity contribution in [1.82, 2.24) is 0 Å². The van der Waals surface area contributed by atoms with Crippen molar-refractivity contribution in [2.45, 2.75) is 19.3 Å². The van der Waals surface area contributed by atoms with Crippen LogP contribution in [0.15, 0.2) is 341 Å². The molecule has 0 radical (unpaired) electrons. The van der Waals surface area contributed by atoms with Crippen molar-refractivity contribution >= 4 is 141 Å². The van der Waals surface area contributed by atoms with Gasteiger partial charge in [0.05, 0.1) is 0 Å². The van der Waals surface area contributed by atoms with Gasteiger partial charge in [-0.1, -0.05) is 281 Å². The number of para-hydroxylation sites is 3. The van der Waals surface area contributed by atoms with Crippen molar-refractivity contribution in [3.8, 4) is 89.0 Å². The molecule has 0 spiro atoms. The fraction of sp³-hybridized carbons (Fsp3) is 0.0297. The van der Waals surface area contributed by atoms with Gasteiger partial charge < -0.3 is 13.3 Å². The van der Waals surface area contributed by atoms with E-state index in [2.05, 4.69) is 335 Å². The maximum Gasteiger partial charge on any atom is 0.143 e. The van der Waals surface area contributed by atoms with Crippen LogP contribution in [-0.4, -0.2) is 0 Å². The molecule has 3 heteroatoms. The first-order valence-corrected chi connectivity index (χ1v) is 36.1. The lowest BCUT2D eigenvalue weighted by Crippen LogP contribution is -2.15. The molecule has 0 unspecified atom stereocenters. The molecule has 0 bridgehead atoms. The highest BCUT2D eigenvalue weighted by molar-refractivity contribution is 6.33. The number of benzene rings is 19. The summed E-state index contributed by atoms with van der Waals surface area (Å²) in [6.07, 6.45) is 0. The molecule has 1 aliphatic carbocycles. The van der Waals surface area contributed by atoms with Gasteiger partial charge in [0, 0.05) is 48.9 Å². The third-order valence-corrected chi connectivity index (χ3v) is 23.4. The van der Waals surface area contributed by atoms with E-state index in [9.17, 15) is 0 Å². The van der Waals surface area contributed by atoms with Crippen LogP contribution >= 0.6 is 0 Å². The molecule has 23 rings (SSSR count). The van der Waals surface area contributed by atoms with Gasteiger partial charge in [-0.25, -0.2) is 0 Å². The molecule has 19 aromatic carbocycles. The average molecular weight is 1320 g/mol. The summed E-state index contributed by atoms with van der Waals surface area (Å²) in [6.45, 7) is 4.82. The zero-order valence-electron chi connectivity index (χ0n) is 56.9. The molecular formula is C101H60O3. The molecule has 0 amide bonds. The summed E-state index contributed by atoms with van der Waals surface area (Å²) in [5.74, 6) is 0. The number of furan rings is 3. The minimum absolute atomic E-state index is 0.322. The molecule has 3 nitrogen and oxygen atoms in total. The van der Waals surface area contributed by atoms with Crippen molar-refractivity contribution in [2.75, 3.05) is 0 Å². The van der Waals surface area contributed by atoms with Crippen LogP contribution < -0.4 is 0 Å². The van der Waals surface area contributed by atoms with Crippen LogP contribution in [0.25, 0.3) is 230 Å². The fourth-order valence-corrected chi connectivity index (χ4v) is 18.8. The molecule has 104 heavy (non-hydrogen) atoms. The Labute approximate surface area is 597 Å². The van der Waals surface area contributed by atoms with Crippen LogP contribution in [0.4, 0.5) is 0 Å². The molecule has 3 aromatic heterocycles. The molecule has 0 N–H and O–H groups in total. The molecule has 1 aliphatic rings. The summed E-state index contributed by atoms with van der Waals surface area (Å²) in [6, 6.07) is 121. The zero-order valence-corrected chi connectivity index (χ0v) is 56.9. The van der Waals surface area contributed by atoms with Crippen molar-refractivity contribution in [3.05, 3.63) is 339 Å². The number of hydrogen-bond acceptors (Lipinski definition) is 3. The molecule has 0 atom stereocenters. The van der Waals surface area contributed by atoms with Gasteiger partial charge >= 0.3 is 0 Å². The summed E-state index contributed by atoms with van der Waals surface area (Å²) in [5, 5.41) is 23.9. The Morgan fingerprint density at radius 1 is 0.192 bits per heavy atom. The third-order valence-electron chi connectivity index (χ3n) is 23.4. The second-order valence-corrected chi connectivity index (χ2v) is 29.1. The van der Waals surface area contributed by atoms with Crippen molar-refractivity contribution in [1.29, 1.82) is 0 Å². The fourth-order valence-electron chi connectivity index (χ4n) is 18.8. The van der Waals surface area contributed by atoms with Gasteiger partial charge in [-0.15, -0.1) is 0 Å². The number of rotatable bonds is 7. The molecule has 0 aliphatic heterocycles. The second-order valence-electron chi connectivity index (χ2n) is 29.1. The van der Waals surface area contributed by atoms with E-state index in [1.807, 2.05) is 6.07 Å². The highest BCUT2D eigenvalue weighted by atomic mass is 16.3. The molecule has 482 valence electrons. The normalized spacial score (nSPS) is 13.0. The third kappa shape index (κ3) is 7.95. The summed E-state index contributed by atoms with van der Waals surface area (Å²) in [5.41, 5.74) is 26.6. The van der Waals surface area contributed by atoms with E-state index in [1.165, 1.54) is 142 Å². The summed E-state index contributed by atoms with van der Waals surface area (Å²) >= 11 is 0. The molecule has 22 aromatic rings. The molecule has 0 fully saturated rings. The van der Waals surface area contributed by atoms with Crippen LogP contribution in [0.1, 0.15) is 25.0 Å². The highest BCUT2D eigenvalue weighted by Crippen LogP contribution is 2.56. The Balaban J connectivity index is 0.642. The Morgan fingerprint density at radius 3 is 1.12 bits per heavy atom. The molecule has 3 heterocycles. The second kappa shape index (κ2) is 21.4. The van der Waals surface area contributed by atoms with E-state index >= 15 is 0 Å². The number of hydrogen-bond donors (Lipinski definition) is 0. The molecular weight excluding hydrogens is 1260 g/mol. The summed E-state index contributed by atoms with van der Waals surface area (Å²) < 4.78 is 20.6. The van der Waals surface area contributed by atoms with E-state index in [1.54, 1.807) is 0 Å². The lowest BCUT2D eigenvalue weighted by Gasteiger charge is -2.23. The molecule has 0 saturated carbocycles. The summed E-state index contributed by atoms with van der Waals surface area (Å²) in [4.78, 5) is 0. The van der Waals surface area contributed by atoms with Crippen LogP contribution in [0.5, 0.6) is 0 Å². The predicted molar refractivity (Wildman–Crippen MR) is 438 cm³/mol. The standard InChI is InChI=1S/C101H60O3/c1-101(2)85-54-59(64-50-52-83(98-81-34-16-19-38-89(81)104-100(64)98)95-71-27-8-6-25-69(71)91(70-26-7-9-28-72(70)95)62-42-46-68-67-24-14-17-36-87(67)102-90(68)56-62)40-44-65(85)66-45-41-60(55-86(66)101)84-53-61-43-48-79(78-47-39-58-23-20-35-77(84)92(58)93(61)78)94-73-29-10-12-31-75(73)96(76-32-13-11-30-74(76)94)82-51-49-63(57-21-4-3-5-22-57)99-97(82)80-33-15-18-37-88(80)103-99/h3-56H,1-2H3. The predicted octanol–water partition coefficient (Wildman–Crippen LogP) is 28.9. The maximum atomic E-state index is 7.17. The SMILES string of the molecule is CC1(C)c2cc(-c3cc4ccc(-c5c6ccccc6c(-c6ccc(-c7ccccc7)c7oc8ccccc8c67)c6ccccc56)c5ccc6cccc3c6c45)ccc2-c2ccc(-c3ccc(-c4c5ccccc5c(-c5ccc6c(c5)oc5ccccc56)c5ccccc45)c4c3oc3ccccc34)cc21. The Bertz CT molecular complexity index is 7380. The monoisotopic (exact) mass is 1320 g/mol. The first kappa shape index (κ1) is 57.4. The van der Waals surface area contributed by atoms with Gasteiger partial charge in [0.1, 0.15) is 33.5 Å². The Kier molecular flexibility index (Phi) is 11.8. The molecule has 0 saturated heterocycles. The maximum absolute atomic E-state index is 7.17. The van der Waals surface area contributed by atoms with E-state index in [-0.39, 0.29) is 5.41 Å². The lowest BCUT2D eigenvalue weighted by atomic mass is 9.80. The highest BCUT2D eigenvalue weighted by Gasteiger charge is 2.37. The minimum atomic E-state index is -0.322. The van der Waals surface area contributed by atoms with Gasteiger partial charge in [0.25, 0.3) is 0 Å². The van der Waals surface area contributed by atoms with Crippen LogP contribution in [-0.2, 0) is 5.41 Å². The quantitative estimate of drug-likeness (QED) is 0.118. The topological polar surface area (TPSA) is 39.4 Å². The Hall–Kier alpha value is -13.3. The van der Waals surface area contributed by atoms with Crippen molar-refractivity contribution in [3.63, 3.8) is 0 Å². The first-order chi connectivity index (χ1) is 51.4. The Morgan fingerprint density at radius 2 is 0.567 bits per heavy atom.